The average Bonchev–Trinajstić information content (AvgIpc) is 3.47. The lowest BCUT2D eigenvalue weighted by atomic mass is 10.0. The van der Waals surface area contributed by atoms with Gasteiger partial charge in [-0.2, -0.15) is 0 Å². The Bertz CT molecular complexity index is 1110. The number of rotatable bonds is 13. The molecule has 2 aliphatic rings. The number of ether oxygens (including phenoxy) is 1. The second kappa shape index (κ2) is 15.3. The van der Waals surface area contributed by atoms with E-state index in [1.54, 1.807) is 18.2 Å². The molecule has 0 aromatic heterocycles. The Balaban J connectivity index is 1.67. The van der Waals surface area contributed by atoms with Gasteiger partial charge < -0.3 is 36.6 Å². The third-order valence-electron chi connectivity index (χ3n) is 7.32. The molecule has 0 radical (unpaired) electrons. The summed E-state index contributed by atoms with van der Waals surface area (Å²) < 4.78 is 18.6. The number of hydrogen-bond donors (Lipinski definition) is 4. The summed E-state index contributed by atoms with van der Waals surface area (Å²) in [4.78, 5) is 59.7. The predicted octanol–water partition coefficient (Wildman–Crippen LogP) is 0.346. The first kappa shape index (κ1) is 31.8. The van der Waals surface area contributed by atoms with Crippen LogP contribution < -0.4 is 27.0 Å². The molecule has 2 unspecified atom stereocenters. The van der Waals surface area contributed by atoms with Gasteiger partial charge >= 0.3 is 0 Å². The molecule has 2 saturated heterocycles. The van der Waals surface area contributed by atoms with Crippen LogP contribution in [0.25, 0.3) is 0 Å². The quantitative estimate of drug-likeness (QED) is 0.148. The number of hydrogen-bond acceptors (Lipinski definition) is 7. The van der Waals surface area contributed by atoms with Gasteiger partial charge in [0.25, 0.3) is 5.91 Å². The number of carbonyl (C=O) groups excluding carboxylic acids is 4. The van der Waals surface area contributed by atoms with Gasteiger partial charge in [-0.1, -0.05) is 19.9 Å². The van der Waals surface area contributed by atoms with E-state index in [1.807, 2.05) is 19.9 Å². The van der Waals surface area contributed by atoms with Crippen LogP contribution in [0.5, 0.6) is 0 Å². The van der Waals surface area contributed by atoms with Crippen molar-refractivity contribution in [2.75, 3.05) is 51.0 Å². The second-order valence-electron chi connectivity index (χ2n) is 10.6. The standard InChI is InChI=1S/C28H42FN7O5/c1-18(2)24(34-25(38)19-6-3-7-20(16-19)35-12-14-41-15-13-35)27(40)36-11-5-9-22(36)26(39)33-21(23(37)17-29)8-4-10-32-28(30)31/h3,6-7,16,18,21-22,24H,4-5,8-15,17H2,1-2H3,(H,33,39)(H,34,38)(H4,30,31,32)/t21?,22-,24?/m0/s1. The normalized spacial score (nSPS) is 18.5. The van der Waals surface area contributed by atoms with Gasteiger partial charge in [0.05, 0.1) is 19.3 Å². The van der Waals surface area contributed by atoms with Crippen LogP contribution in [0.3, 0.4) is 0 Å². The van der Waals surface area contributed by atoms with Crippen LogP contribution in [0.2, 0.25) is 0 Å². The molecule has 3 atom stereocenters. The molecule has 2 heterocycles. The molecule has 0 spiro atoms. The van der Waals surface area contributed by atoms with E-state index >= 15 is 0 Å². The zero-order valence-electron chi connectivity index (χ0n) is 23.8. The molecule has 6 N–H and O–H groups in total. The van der Waals surface area contributed by atoms with Gasteiger partial charge in [-0.05, 0) is 49.8 Å². The van der Waals surface area contributed by atoms with Crippen molar-refractivity contribution in [2.45, 2.75) is 57.7 Å². The minimum absolute atomic E-state index is 0.0980. The van der Waals surface area contributed by atoms with E-state index in [0.29, 0.717) is 44.6 Å². The highest BCUT2D eigenvalue weighted by atomic mass is 19.1. The maximum Gasteiger partial charge on any atom is 0.252 e. The average molecular weight is 576 g/mol. The number of aliphatic imine (C=N–C) groups is 1. The maximum atomic E-state index is 13.7. The third kappa shape index (κ3) is 8.87. The van der Waals surface area contributed by atoms with Crippen molar-refractivity contribution in [3.05, 3.63) is 29.8 Å². The first-order valence-corrected chi connectivity index (χ1v) is 14.1. The summed E-state index contributed by atoms with van der Waals surface area (Å²) in [6, 6.07) is 4.47. The highest BCUT2D eigenvalue weighted by Crippen LogP contribution is 2.22. The van der Waals surface area contributed by atoms with Crippen molar-refractivity contribution in [1.82, 2.24) is 15.5 Å². The van der Waals surface area contributed by atoms with Crippen LogP contribution in [0, 0.1) is 5.92 Å². The van der Waals surface area contributed by atoms with Crippen molar-refractivity contribution in [3.63, 3.8) is 0 Å². The molecule has 1 aromatic carbocycles. The van der Waals surface area contributed by atoms with Gasteiger partial charge in [-0.15, -0.1) is 0 Å². The fraction of sp³-hybridized carbons (Fsp3) is 0.607. The molecule has 1 aromatic rings. The van der Waals surface area contributed by atoms with Crippen molar-refractivity contribution in [1.29, 1.82) is 0 Å². The number of guanidine groups is 1. The Morgan fingerprint density at radius 3 is 2.51 bits per heavy atom. The SMILES string of the molecule is CC(C)C(NC(=O)c1cccc(N2CCOCC2)c1)C(=O)N1CCC[C@H]1C(=O)NC(CCCN=C(N)N)C(=O)CF. The number of nitrogens with zero attached hydrogens (tertiary/aromatic N) is 3. The molecule has 12 nitrogen and oxygen atoms in total. The van der Waals surface area contributed by atoms with Crippen molar-refractivity contribution in [2.24, 2.45) is 22.4 Å². The number of Topliss-reactive ketones (excluding diaryl/α,β-unsaturated/α-hetero) is 1. The molecule has 3 amide bonds. The zero-order chi connectivity index (χ0) is 29.9. The Hall–Kier alpha value is -3.74. The molecule has 41 heavy (non-hydrogen) atoms. The van der Waals surface area contributed by atoms with Crippen molar-refractivity contribution >= 4 is 35.2 Å². The van der Waals surface area contributed by atoms with E-state index in [1.165, 1.54) is 4.90 Å². The zero-order valence-corrected chi connectivity index (χ0v) is 23.8. The highest BCUT2D eigenvalue weighted by molar-refractivity contribution is 5.99. The largest absolute Gasteiger partial charge is 0.378 e. The van der Waals surface area contributed by atoms with Gasteiger partial charge in [0.15, 0.2) is 11.7 Å². The van der Waals surface area contributed by atoms with E-state index in [-0.39, 0.29) is 36.7 Å². The molecule has 3 rings (SSSR count). The molecule has 13 heteroatoms. The molecule has 0 aliphatic carbocycles. The number of amides is 3. The lowest BCUT2D eigenvalue weighted by Gasteiger charge is -2.31. The first-order chi connectivity index (χ1) is 19.6. The van der Waals surface area contributed by atoms with Crippen LogP contribution in [-0.4, -0.2) is 98.6 Å². The van der Waals surface area contributed by atoms with Crippen molar-refractivity contribution in [3.8, 4) is 0 Å². The van der Waals surface area contributed by atoms with Gasteiger partial charge in [-0.25, -0.2) is 4.39 Å². The number of likely N-dealkylation sites (tertiary alicyclic amines) is 1. The van der Waals surface area contributed by atoms with Gasteiger partial charge in [0.1, 0.15) is 18.8 Å². The fourth-order valence-electron chi connectivity index (χ4n) is 5.06. The Kier molecular flexibility index (Phi) is 11.9. The first-order valence-electron chi connectivity index (χ1n) is 14.1. The number of carbonyl (C=O) groups is 4. The number of ketones is 1. The Labute approximate surface area is 240 Å². The number of nitrogens with two attached hydrogens (primary N) is 2. The lowest BCUT2D eigenvalue weighted by Crippen LogP contribution is -2.56. The third-order valence-corrected chi connectivity index (χ3v) is 7.32. The summed E-state index contributed by atoms with van der Waals surface area (Å²) in [7, 11) is 0. The molecule has 0 saturated carbocycles. The van der Waals surface area contributed by atoms with Crippen LogP contribution in [0.15, 0.2) is 29.3 Å². The second-order valence-corrected chi connectivity index (χ2v) is 10.6. The predicted molar refractivity (Wildman–Crippen MR) is 153 cm³/mol. The van der Waals surface area contributed by atoms with E-state index in [2.05, 4.69) is 20.5 Å². The van der Waals surface area contributed by atoms with Gasteiger partial charge in [-0.3, -0.25) is 24.2 Å². The summed E-state index contributed by atoms with van der Waals surface area (Å²) in [5, 5.41) is 5.49. The van der Waals surface area contributed by atoms with Crippen LogP contribution >= 0.6 is 0 Å². The van der Waals surface area contributed by atoms with Crippen LogP contribution in [0.4, 0.5) is 10.1 Å². The minimum atomic E-state index is -1.23. The number of halogens is 1. The van der Waals surface area contributed by atoms with Crippen molar-refractivity contribution < 1.29 is 28.3 Å². The Morgan fingerprint density at radius 2 is 1.85 bits per heavy atom. The van der Waals surface area contributed by atoms with E-state index in [0.717, 1.165) is 18.8 Å². The van der Waals surface area contributed by atoms with Crippen LogP contribution in [-0.2, 0) is 19.1 Å². The van der Waals surface area contributed by atoms with E-state index in [4.69, 9.17) is 16.2 Å². The molecule has 2 fully saturated rings. The summed E-state index contributed by atoms with van der Waals surface area (Å²) in [5.41, 5.74) is 12.0. The molecular weight excluding hydrogens is 533 g/mol. The molecule has 226 valence electrons. The number of morpholine rings is 1. The number of anilines is 1. The summed E-state index contributed by atoms with van der Waals surface area (Å²) in [5.74, 6) is -2.41. The topological polar surface area (TPSA) is 172 Å². The molecule has 2 aliphatic heterocycles. The monoisotopic (exact) mass is 575 g/mol. The van der Waals surface area contributed by atoms with E-state index in [9.17, 15) is 23.6 Å². The van der Waals surface area contributed by atoms with E-state index < -0.39 is 36.5 Å². The number of alkyl halides is 1. The summed E-state index contributed by atoms with van der Waals surface area (Å²) >= 11 is 0. The smallest absolute Gasteiger partial charge is 0.252 e. The van der Waals surface area contributed by atoms with Crippen LogP contribution in [0.1, 0.15) is 49.9 Å². The van der Waals surface area contributed by atoms with Gasteiger partial charge in [0, 0.05) is 37.4 Å². The van der Waals surface area contributed by atoms with Gasteiger partial charge in [0.2, 0.25) is 11.8 Å². The highest BCUT2D eigenvalue weighted by Gasteiger charge is 2.39. The lowest BCUT2D eigenvalue weighted by molar-refractivity contribution is -0.141. The summed E-state index contributed by atoms with van der Waals surface area (Å²) in [6.45, 7) is 5.67. The number of benzene rings is 1. The summed E-state index contributed by atoms with van der Waals surface area (Å²) in [6.07, 6.45) is 1.48. The molecular formula is C28H42FN7O5. The molecule has 0 bridgehead atoms. The fourth-order valence-corrected chi connectivity index (χ4v) is 5.06. The Morgan fingerprint density at radius 1 is 1.12 bits per heavy atom. The minimum Gasteiger partial charge on any atom is -0.378 e. The number of nitrogens with one attached hydrogen (secondary N) is 2. The maximum absolute atomic E-state index is 13.7.